The highest BCUT2D eigenvalue weighted by Crippen LogP contribution is 2.37. The zero-order valence-corrected chi connectivity index (χ0v) is 17.2. The van der Waals surface area contributed by atoms with Crippen molar-refractivity contribution in [2.75, 3.05) is 6.54 Å². The van der Waals surface area contributed by atoms with Crippen LogP contribution in [0.25, 0.3) is 10.9 Å². The maximum atomic E-state index is 6.16. The molecule has 0 bridgehead atoms. The van der Waals surface area contributed by atoms with Crippen LogP contribution in [0.5, 0.6) is 0 Å². The van der Waals surface area contributed by atoms with E-state index in [1.807, 2.05) is 23.6 Å². The average molecular weight is 403 g/mol. The van der Waals surface area contributed by atoms with Gasteiger partial charge in [-0.25, -0.2) is 4.99 Å². The van der Waals surface area contributed by atoms with Gasteiger partial charge >= 0.3 is 0 Å². The van der Waals surface area contributed by atoms with Crippen molar-refractivity contribution in [3.63, 3.8) is 0 Å². The Hall–Kier alpha value is -1.82. The van der Waals surface area contributed by atoms with E-state index in [1.165, 1.54) is 42.1 Å². The van der Waals surface area contributed by atoms with Gasteiger partial charge in [0.05, 0.1) is 10.6 Å². The minimum atomic E-state index is 0. The third kappa shape index (κ3) is 4.37. The predicted molar refractivity (Wildman–Crippen MR) is 119 cm³/mol. The SMILES string of the molecule is CCNC1CCC(c2c[nH]c3ccc(N=C(N)c4cccs4)cc23)CC1.Cl. The van der Waals surface area contributed by atoms with Gasteiger partial charge in [-0.05, 0) is 73.4 Å². The summed E-state index contributed by atoms with van der Waals surface area (Å²) in [4.78, 5) is 9.09. The molecule has 1 fully saturated rings. The second-order valence-corrected chi connectivity index (χ2v) is 8.00. The Bertz CT molecular complexity index is 892. The molecule has 1 aliphatic rings. The van der Waals surface area contributed by atoms with Crippen molar-refractivity contribution in [1.29, 1.82) is 0 Å². The lowest BCUT2D eigenvalue weighted by Crippen LogP contribution is -2.32. The van der Waals surface area contributed by atoms with Gasteiger partial charge in [-0.3, -0.25) is 0 Å². The first-order valence-electron chi connectivity index (χ1n) is 9.47. The van der Waals surface area contributed by atoms with E-state index < -0.39 is 0 Å². The molecular weight excluding hydrogens is 376 g/mol. The number of aliphatic imine (C=N–C) groups is 1. The summed E-state index contributed by atoms with van der Waals surface area (Å²) in [7, 11) is 0. The summed E-state index contributed by atoms with van der Waals surface area (Å²) >= 11 is 1.62. The predicted octanol–water partition coefficient (Wildman–Crippen LogP) is 5.32. The molecule has 4 N–H and O–H groups in total. The van der Waals surface area contributed by atoms with E-state index in [9.17, 15) is 0 Å². The van der Waals surface area contributed by atoms with Crippen LogP contribution in [-0.2, 0) is 0 Å². The summed E-state index contributed by atoms with van der Waals surface area (Å²) in [6.07, 6.45) is 7.20. The van der Waals surface area contributed by atoms with E-state index in [2.05, 4.69) is 40.5 Å². The van der Waals surface area contributed by atoms with E-state index in [0.717, 1.165) is 17.1 Å². The van der Waals surface area contributed by atoms with Crippen LogP contribution >= 0.6 is 23.7 Å². The Kier molecular flexibility index (Phi) is 6.58. The van der Waals surface area contributed by atoms with Gasteiger partial charge in [0.1, 0.15) is 5.84 Å². The number of hydrogen-bond donors (Lipinski definition) is 3. The Morgan fingerprint density at radius 3 is 2.78 bits per heavy atom. The number of nitrogens with zero attached hydrogens (tertiary/aromatic N) is 1. The van der Waals surface area contributed by atoms with Gasteiger partial charge in [-0.1, -0.05) is 13.0 Å². The summed E-state index contributed by atoms with van der Waals surface area (Å²) in [5, 5.41) is 6.90. The Balaban J connectivity index is 0.00000210. The van der Waals surface area contributed by atoms with Crippen molar-refractivity contribution in [1.82, 2.24) is 10.3 Å². The molecule has 1 saturated carbocycles. The molecule has 6 heteroatoms. The third-order valence-electron chi connectivity index (χ3n) is 5.38. The number of halogens is 1. The number of benzene rings is 1. The number of amidine groups is 1. The molecule has 1 aromatic carbocycles. The molecule has 4 nitrogen and oxygen atoms in total. The average Bonchev–Trinajstić information content (AvgIpc) is 3.32. The van der Waals surface area contributed by atoms with Crippen LogP contribution in [0.1, 0.15) is 49.0 Å². The number of aromatic nitrogens is 1. The van der Waals surface area contributed by atoms with Gasteiger partial charge in [-0.2, -0.15) is 0 Å². The monoisotopic (exact) mass is 402 g/mol. The molecule has 2 aromatic heterocycles. The first-order chi connectivity index (χ1) is 12.7. The van der Waals surface area contributed by atoms with E-state index >= 15 is 0 Å². The van der Waals surface area contributed by atoms with E-state index in [-0.39, 0.29) is 12.4 Å². The lowest BCUT2D eigenvalue weighted by Gasteiger charge is -2.28. The number of fused-ring (bicyclic) bond motifs is 1. The molecule has 0 spiro atoms. The second kappa shape index (κ2) is 8.91. The van der Waals surface area contributed by atoms with Crippen molar-refractivity contribution in [3.05, 3.63) is 52.3 Å². The van der Waals surface area contributed by atoms with Gasteiger partial charge < -0.3 is 16.0 Å². The smallest absolute Gasteiger partial charge is 0.141 e. The molecule has 0 amide bonds. The van der Waals surface area contributed by atoms with Crippen LogP contribution in [0.2, 0.25) is 0 Å². The highest BCUT2D eigenvalue weighted by molar-refractivity contribution is 7.12. The second-order valence-electron chi connectivity index (χ2n) is 7.05. The van der Waals surface area contributed by atoms with Crippen LogP contribution in [0.4, 0.5) is 5.69 Å². The Morgan fingerprint density at radius 2 is 2.07 bits per heavy atom. The molecule has 3 aromatic rings. The van der Waals surface area contributed by atoms with Crippen LogP contribution in [0, 0.1) is 0 Å². The molecule has 27 heavy (non-hydrogen) atoms. The summed E-state index contributed by atoms with van der Waals surface area (Å²) < 4.78 is 0. The zero-order valence-electron chi connectivity index (χ0n) is 15.6. The normalized spacial score (nSPS) is 20.6. The van der Waals surface area contributed by atoms with Gasteiger partial charge in [0.25, 0.3) is 0 Å². The molecule has 0 saturated heterocycles. The van der Waals surface area contributed by atoms with Crippen molar-refractivity contribution in [3.8, 4) is 0 Å². The minimum Gasteiger partial charge on any atom is -0.383 e. The quantitative estimate of drug-likeness (QED) is 0.399. The Morgan fingerprint density at radius 1 is 1.26 bits per heavy atom. The van der Waals surface area contributed by atoms with Crippen molar-refractivity contribution >= 4 is 46.2 Å². The number of aromatic amines is 1. The lowest BCUT2D eigenvalue weighted by molar-refractivity contribution is 0.349. The molecule has 0 radical (unpaired) electrons. The molecule has 0 atom stereocenters. The van der Waals surface area contributed by atoms with E-state index in [0.29, 0.717) is 17.8 Å². The molecule has 0 aliphatic heterocycles. The van der Waals surface area contributed by atoms with E-state index in [1.54, 1.807) is 11.3 Å². The van der Waals surface area contributed by atoms with Crippen LogP contribution < -0.4 is 11.1 Å². The molecule has 144 valence electrons. The van der Waals surface area contributed by atoms with Crippen LogP contribution in [-0.4, -0.2) is 23.4 Å². The topological polar surface area (TPSA) is 66.2 Å². The van der Waals surface area contributed by atoms with Gasteiger partial charge in [0, 0.05) is 23.1 Å². The van der Waals surface area contributed by atoms with Crippen molar-refractivity contribution < 1.29 is 0 Å². The third-order valence-corrected chi connectivity index (χ3v) is 6.27. The maximum Gasteiger partial charge on any atom is 0.141 e. The fourth-order valence-electron chi connectivity index (χ4n) is 4.05. The number of thiophene rings is 1. The summed E-state index contributed by atoms with van der Waals surface area (Å²) in [6.45, 7) is 3.26. The molecule has 0 unspecified atom stereocenters. The number of H-pyrrole nitrogens is 1. The van der Waals surface area contributed by atoms with Crippen molar-refractivity contribution in [2.24, 2.45) is 10.7 Å². The van der Waals surface area contributed by atoms with Crippen LogP contribution in [0.15, 0.2) is 46.9 Å². The highest BCUT2D eigenvalue weighted by atomic mass is 35.5. The summed E-state index contributed by atoms with van der Waals surface area (Å²) in [6, 6.07) is 11.0. The van der Waals surface area contributed by atoms with Gasteiger partial charge in [0.2, 0.25) is 0 Å². The first-order valence-corrected chi connectivity index (χ1v) is 10.3. The van der Waals surface area contributed by atoms with Crippen LogP contribution in [0.3, 0.4) is 0 Å². The molecule has 1 aliphatic carbocycles. The first kappa shape index (κ1) is 19.9. The standard InChI is InChI=1S/C21H26N4S.ClH/c1-2-23-15-7-5-14(6-8-15)18-13-24-19-10-9-16(12-17(18)19)25-21(22)20-4-3-11-26-20;/h3-4,9-15,23-24H,2,5-8H2,1H3,(H2,22,25);1H. The molecule has 2 heterocycles. The largest absolute Gasteiger partial charge is 0.383 e. The lowest BCUT2D eigenvalue weighted by atomic mass is 9.81. The molecular formula is C21H27ClN4S. The number of nitrogens with two attached hydrogens (primary N) is 1. The summed E-state index contributed by atoms with van der Waals surface area (Å²) in [5.74, 6) is 1.22. The number of hydrogen-bond acceptors (Lipinski definition) is 3. The fourth-order valence-corrected chi connectivity index (χ4v) is 4.68. The minimum absolute atomic E-state index is 0. The molecule has 4 rings (SSSR count). The number of nitrogens with one attached hydrogen (secondary N) is 2. The maximum absolute atomic E-state index is 6.16. The number of rotatable bonds is 5. The highest BCUT2D eigenvalue weighted by Gasteiger charge is 2.23. The summed E-state index contributed by atoms with van der Waals surface area (Å²) in [5.41, 5.74) is 9.70. The fraction of sp³-hybridized carbons (Fsp3) is 0.381. The van der Waals surface area contributed by atoms with Crippen molar-refractivity contribution in [2.45, 2.75) is 44.6 Å². The van der Waals surface area contributed by atoms with Gasteiger partial charge in [0.15, 0.2) is 0 Å². The van der Waals surface area contributed by atoms with Gasteiger partial charge in [-0.15, -0.1) is 23.7 Å². The zero-order chi connectivity index (χ0) is 17.9. The Labute approximate surface area is 170 Å². The van der Waals surface area contributed by atoms with E-state index in [4.69, 9.17) is 5.73 Å².